The van der Waals surface area contributed by atoms with Gasteiger partial charge in [0.15, 0.2) is 5.78 Å². The highest BCUT2D eigenvalue weighted by atomic mass is 16.5. The van der Waals surface area contributed by atoms with Crippen molar-refractivity contribution in [2.45, 2.75) is 25.9 Å². The molecule has 0 bridgehead atoms. The second kappa shape index (κ2) is 6.97. The van der Waals surface area contributed by atoms with Crippen molar-refractivity contribution in [1.82, 2.24) is 0 Å². The molecule has 0 aliphatic carbocycles. The van der Waals surface area contributed by atoms with E-state index < -0.39 is 5.60 Å². The number of rotatable bonds is 8. The molecule has 1 atom stereocenters. The summed E-state index contributed by atoms with van der Waals surface area (Å²) in [6.45, 7) is 7.98. The van der Waals surface area contributed by atoms with Crippen LogP contribution in [0, 0.1) is 0 Å². The summed E-state index contributed by atoms with van der Waals surface area (Å²) in [7, 11) is 0. The summed E-state index contributed by atoms with van der Waals surface area (Å²) in [4.78, 5) is 11.6. The van der Waals surface area contributed by atoms with Crippen molar-refractivity contribution in [2.24, 2.45) is 0 Å². The van der Waals surface area contributed by atoms with Crippen molar-refractivity contribution in [1.29, 1.82) is 0 Å². The Balaban J connectivity index is 2.36. The molecule has 0 saturated carbocycles. The first-order valence-corrected chi connectivity index (χ1v) is 6.11. The Bertz CT molecular complexity index is 386. The van der Waals surface area contributed by atoms with Crippen LogP contribution in [0.2, 0.25) is 0 Å². The smallest absolute Gasteiger partial charge is 0.186 e. The third kappa shape index (κ3) is 4.00. The second-order valence-electron chi connectivity index (χ2n) is 4.16. The van der Waals surface area contributed by atoms with Gasteiger partial charge in [0.05, 0.1) is 6.61 Å². The SMILES string of the molecule is C=CC(=O)C(C)(CC)OCCOc1ccccc1. The fourth-order valence-corrected chi connectivity index (χ4v) is 1.51. The van der Waals surface area contributed by atoms with E-state index in [2.05, 4.69) is 6.58 Å². The molecule has 0 aliphatic rings. The highest BCUT2D eigenvalue weighted by Gasteiger charge is 2.29. The highest BCUT2D eigenvalue weighted by molar-refractivity contribution is 5.96. The van der Waals surface area contributed by atoms with Crippen LogP contribution in [0.25, 0.3) is 0 Å². The molecule has 0 aromatic heterocycles. The van der Waals surface area contributed by atoms with E-state index in [4.69, 9.17) is 9.47 Å². The van der Waals surface area contributed by atoms with Crippen molar-refractivity contribution in [3.63, 3.8) is 0 Å². The maximum absolute atomic E-state index is 11.6. The molecule has 0 amide bonds. The van der Waals surface area contributed by atoms with Gasteiger partial charge < -0.3 is 9.47 Å². The van der Waals surface area contributed by atoms with Crippen LogP contribution in [-0.4, -0.2) is 24.6 Å². The molecular weight excluding hydrogens is 228 g/mol. The van der Waals surface area contributed by atoms with Crippen LogP contribution in [0.1, 0.15) is 20.3 Å². The van der Waals surface area contributed by atoms with Crippen LogP contribution in [0.15, 0.2) is 43.0 Å². The number of benzene rings is 1. The van der Waals surface area contributed by atoms with Crippen LogP contribution in [0.4, 0.5) is 0 Å². The van der Waals surface area contributed by atoms with E-state index in [1.165, 1.54) is 6.08 Å². The summed E-state index contributed by atoms with van der Waals surface area (Å²) in [5.74, 6) is 0.707. The van der Waals surface area contributed by atoms with Gasteiger partial charge in [-0.2, -0.15) is 0 Å². The molecular formula is C15H20O3. The molecule has 1 rings (SSSR count). The third-order valence-electron chi connectivity index (χ3n) is 2.90. The Morgan fingerprint density at radius 2 is 2.00 bits per heavy atom. The molecule has 98 valence electrons. The zero-order valence-electron chi connectivity index (χ0n) is 11.0. The van der Waals surface area contributed by atoms with Crippen LogP contribution < -0.4 is 4.74 Å². The summed E-state index contributed by atoms with van der Waals surface area (Å²) < 4.78 is 11.1. The van der Waals surface area contributed by atoms with Gasteiger partial charge in [-0.3, -0.25) is 4.79 Å². The van der Waals surface area contributed by atoms with Gasteiger partial charge in [0.25, 0.3) is 0 Å². The number of para-hydroxylation sites is 1. The standard InChI is InChI=1S/C15H20O3/c1-4-14(16)15(3,5-2)18-12-11-17-13-9-7-6-8-10-13/h4,6-10H,1,5,11-12H2,2-3H3. The second-order valence-corrected chi connectivity index (χ2v) is 4.16. The molecule has 3 nitrogen and oxygen atoms in total. The molecule has 0 saturated heterocycles. The quantitative estimate of drug-likeness (QED) is 0.524. The van der Waals surface area contributed by atoms with E-state index >= 15 is 0 Å². The number of hydrogen-bond acceptors (Lipinski definition) is 3. The first-order valence-electron chi connectivity index (χ1n) is 6.11. The molecule has 1 aromatic carbocycles. The maximum Gasteiger partial charge on any atom is 0.186 e. The summed E-state index contributed by atoms with van der Waals surface area (Å²) >= 11 is 0. The molecule has 18 heavy (non-hydrogen) atoms. The van der Waals surface area contributed by atoms with Crippen molar-refractivity contribution in [3.8, 4) is 5.75 Å². The van der Waals surface area contributed by atoms with Gasteiger partial charge in [0, 0.05) is 0 Å². The largest absolute Gasteiger partial charge is 0.491 e. The summed E-state index contributed by atoms with van der Waals surface area (Å²) in [5.41, 5.74) is -0.790. The summed E-state index contributed by atoms with van der Waals surface area (Å²) in [5, 5.41) is 0. The van der Waals surface area contributed by atoms with Crippen molar-refractivity contribution in [2.75, 3.05) is 13.2 Å². The molecule has 1 aromatic rings. The maximum atomic E-state index is 11.6. The van der Waals surface area contributed by atoms with Crippen LogP contribution in [0.5, 0.6) is 5.75 Å². The molecule has 0 heterocycles. The number of carbonyl (C=O) groups is 1. The van der Waals surface area contributed by atoms with Crippen LogP contribution >= 0.6 is 0 Å². The normalized spacial score (nSPS) is 13.7. The lowest BCUT2D eigenvalue weighted by Crippen LogP contribution is -2.37. The average molecular weight is 248 g/mol. The zero-order valence-corrected chi connectivity index (χ0v) is 11.0. The lowest BCUT2D eigenvalue weighted by atomic mass is 9.97. The number of carbonyl (C=O) groups excluding carboxylic acids is 1. The average Bonchev–Trinajstić information content (AvgIpc) is 2.43. The predicted octanol–water partition coefficient (Wildman–Crippen LogP) is 3.01. The van der Waals surface area contributed by atoms with E-state index in [9.17, 15) is 4.79 Å². The van der Waals surface area contributed by atoms with E-state index in [1.54, 1.807) is 6.92 Å². The number of ether oxygens (including phenoxy) is 2. The monoisotopic (exact) mass is 248 g/mol. The van der Waals surface area contributed by atoms with Gasteiger partial charge in [-0.05, 0) is 31.6 Å². The Hall–Kier alpha value is -1.61. The molecule has 0 N–H and O–H groups in total. The fourth-order valence-electron chi connectivity index (χ4n) is 1.51. The minimum Gasteiger partial charge on any atom is -0.491 e. The van der Waals surface area contributed by atoms with Gasteiger partial charge in [-0.15, -0.1) is 0 Å². The molecule has 0 spiro atoms. The van der Waals surface area contributed by atoms with Gasteiger partial charge in [-0.25, -0.2) is 0 Å². The van der Waals surface area contributed by atoms with E-state index in [0.29, 0.717) is 19.6 Å². The van der Waals surface area contributed by atoms with Gasteiger partial charge in [0.1, 0.15) is 18.0 Å². The van der Waals surface area contributed by atoms with Crippen LogP contribution in [0.3, 0.4) is 0 Å². The lowest BCUT2D eigenvalue weighted by Gasteiger charge is -2.25. The van der Waals surface area contributed by atoms with Gasteiger partial charge in [0.2, 0.25) is 0 Å². The number of ketones is 1. The highest BCUT2D eigenvalue weighted by Crippen LogP contribution is 2.17. The number of hydrogen-bond donors (Lipinski definition) is 0. The Morgan fingerprint density at radius 1 is 1.33 bits per heavy atom. The van der Waals surface area contributed by atoms with Gasteiger partial charge >= 0.3 is 0 Å². The topological polar surface area (TPSA) is 35.5 Å². The summed E-state index contributed by atoms with van der Waals surface area (Å²) in [6.07, 6.45) is 1.92. The van der Waals surface area contributed by atoms with E-state index in [1.807, 2.05) is 37.3 Å². The fraction of sp³-hybridized carbons (Fsp3) is 0.400. The Morgan fingerprint density at radius 3 is 2.56 bits per heavy atom. The Kier molecular flexibility index (Phi) is 5.59. The molecule has 3 heteroatoms. The van der Waals surface area contributed by atoms with E-state index in [0.717, 1.165) is 5.75 Å². The zero-order chi connectivity index (χ0) is 13.4. The van der Waals surface area contributed by atoms with Gasteiger partial charge in [-0.1, -0.05) is 31.7 Å². The molecule has 0 fully saturated rings. The summed E-state index contributed by atoms with van der Waals surface area (Å²) in [6, 6.07) is 9.52. The van der Waals surface area contributed by atoms with Crippen LogP contribution in [-0.2, 0) is 9.53 Å². The van der Waals surface area contributed by atoms with Crippen molar-refractivity contribution in [3.05, 3.63) is 43.0 Å². The van der Waals surface area contributed by atoms with E-state index in [-0.39, 0.29) is 5.78 Å². The predicted molar refractivity (Wildman–Crippen MR) is 71.8 cm³/mol. The molecule has 1 unspecified atom stereocenters. The molecule has 0 radical (unpaired) electrons. The molecule has 0 aliphatic heterocycles. The first kappa shape index (κ1) is 14.5. The third-order valence-corrected chi connectivity index (χ3v) is 2.90. The van der Waals surface area contributed by atoms with Crippen molar-refractivity contribution >= 4 is 5.78 Å². The Labute approximate surface area is 108 Å². The minimum absolute atomic E-state index is 0.0929. The lowest BCUT2D eigenvalue weighted by molar-refractivity contribution is -0.138. The van der Waals surface area contributed by atoms with Crippen molar-refractivity contribution < 1.29 is 14.3 Å². The first-order chi connectivity index (χ1) is 8.62. The minimum atomic E-state index is -0.790.